The van der Waals surface area contributed by atoms with Crippen LogP contribution in [0, 0.1) is 0 Å². The Morgan fingerprint density at radius 1 is 1.57 bits per heavy atom. The third-order valence-electron chi connectivity index (χ3n) is 2.56. The summed E-state index contributed by atoms with van der Waals surface area (Å²) in [5.74, 6) is 2.35. The van der Waals surface area contributed by atoms with Crippen LogP contribution in [0.3, 0.4) is 0 Å². The van der Waals surface area contributed by atoms with Crippen molar-refractivity contribution >= 4 is 5.91 Å². The first-order valence-electron chi connectivity index (χ1n) is 5.15. The molecule has 1 amide bonds. The van der Waals surface area contributed by atoms with E-state index in [0.29, 0.717) is 6.42 Å². The summed E-state index contributed by atoms with van der Waals surface area (Å²) >= 11 is 0. The van der Waals surface area contributed by atoms with E-state index in [-0.39, 0.29) is 11.8 Å². The van der Waals surface area contributed by atoms with Crippen molar-refractivity contribution in [2.45, 2.75) is 32.1 Å². The fraction of sp³-hybridized carbons (Fsp3) is 0.545. The molecule has 0 radical (unpaired) electrons. The highest BCUT2D eigenvalue weighted by atomic mass is 16.3. The molecule has 1 N–H and O–H groups in total. The topological polar surface area (TPSA) is 42.2 Å². The Morgan fingerprint density at radius 2 is 2.43 bits per heavy atom. The van der Waals surface area contributed by atoms with Crippen molar-refractivity contribution in [3.8, 4) is 0 Å². The Bertz CT molecular complexity index is 330. The number of hydrogen-bond donors (Lipinski definition) is 1. The third-order valence-corrected chi connectivity index (χ3v) is 2.56. The van der Waals surface area contributed by atoms with Gasteiger partial charge in [0.15, 0.2) is 0 Å². The van der Waals surface area contributed by atoms with E-state index in [9.17, 15) is 4.79 Å². The molecule has 1 aliphatic rings. The summed E-state index contributed by atoms with van der Waals surface area (Å²) in [6, 6.07) is 4.01. The maximum absolute atomic E-state index is 11.0. The monoisotopic (exact) mass is 193 g/mol. The van der Waals surface area contributed by atoms with Gasteiger partial charge in [0.2, 0.25) is 5.91 Å². The fourth-order valence-electron chi connectivity index (χ4n) is 1.80. The molecular formula is C11H15NO2. The third kappa shape index (κ3) is 1.81. The molecule has 2 rings (SSSR count). The first-order valence-corrected chi connectivity index (χ1v) is 5.15. The number of hydrogen-bond acceptors (Lipinski definition) is 2. The Kier molecular flexibility index (Phi) is 2.57. The van der Waals surface area contributed by atoms with Gasteiger partial charge < -0.3 is 9.73 Å². The van der Waals surface area contributed by atoms with Gasteiger partial charge in [-0.05, 0) is 18.6 Å². The predicted molar refractivity (Wildman–Crippen MR) is 53.1 cm³/mol. The fourth-order valence-corrected chi connectivity index (χ4v) is 1.80. The number of carbonyl (C=O) groups is 1. The number of rotatable bonds is 3. The second-order valence-corrected chi connectivity index (χ2v) is 3.76. The summed E-state index contributed by atoms with van der Waals surface area (Å²) in [6.07, 6.45) is 2.64. The lowest BCUT2D eigenvalue weighted by molar-refractivity contribution is -0.119. The summed E-state index contributed by atoms with van der Waals surface area (Å²) in [6.45, 7) is 2.85. The summed E-state index contributed by atoms with van der Waals surface area (Å²) < 4.78 is 5.66. The minimum Gasteiger partial charge on any atom is -0.466 e. The van der Waals surface area contributed by atoms with Crippen molar-refractivity contribution in [2.75, 3.05) is 6.54 Å². The van der Waals surface area contributed by atoms with Crippen LogP contribution in [0.1, 0.15) is 37.2 Å². The zero-order chi connectivity index (χ0) is 9.97. The molecule has 0 aliphatic carbocycles. The normalized spacial score (nSPS) is 21.2. The van der Waals surface area contributed by atoms with Crippen molar-refractivity contribution in [3.05, 3.63) is 23.7 Å². The van der Waals surface area contributed by atoms with Crippen LogP contribution in [0.4, 0.5) is 0 Å². The summed E-state index contributed by atoms with van der Waals surface area (Å²) in [5, 5.41) is 2.81. The van der Waals surface area contributed by atoms with Gasteiger partial charge in [0, 0.05) is 25.3 Å². The molecule has 1 aliphatic heterocycles. The minimum absolute atomic E-state index is 0.128. The van der Waals surface area contributed by atoms with Crippen molar-refractivity contribution in [1.82, 2.24) is 5.32 Å². The molecule has 0 spiro atoms. The van der Waals surface area contributed by atoms with Gasteiger partial charge in [0.1, 0.15) is 11.5 Å². The molecule has 1 saturated heterocycles. The minimum atomic E-state index is 0.128. The number of furan rings is 1. The molecule has 1 aromatic rings. The molecule has 3 nitrogen and oxygen atoms in total. The lowest BCUT2D eigenvalue weighted by Gasteiger charge is -2.01. The highest BCUT2D eigenvalue weighted by Gasteiger charge is 2.25. The Hall–Kier alpha value is -1.25. The lowest BCUT2D eigenvalue weighted by atomic mass is 10.1. The van der Waals surface area contributed by atoms with Crippen molar-refractivity contribution < 1.29 is 9.21 Å². The average Bonchev–Trinajstić information content (AvgIpc) is 2.74. The zero-order valence-corrected chi connectivity index (χ0v) is 8.38. The maximum Gasteiger partial charge on any atom is 0.220 e. The first-order chi connectivity index (χ1) is 6.79. The summed E-state index contributed by atoms with van der Waals surface area (Å²) in [4.78, 5) is 11.0. The van der Waals surface area contributed by atoms with Crippen molar-refractivity contribution in [1.29, 1.82) is 0 Å². The van der Waals surface area contributed by atoms with Crippen LogP contribution in [0.2, 0.25) is 0 Å². The molecule has 1 atom stereocenters. The van der Waals surface area contributed by atoms with Gasteiger partial charge in [0.05, 0.1) is 0 Å². The van der Waals surface area contributed by atoms with E-state index in [1.165, 1.54) is 0 Å². The van der Waals surface area contributed by atoms with Gasteiger partial charge in [0.25, 0.3) is 0 Å². The molecule has 1 aromatic heterocycles. The molecule has 3 heteroatoms. The van der Waals surface area contributed by atoms with E-state index in [1.54, 1.807) is 0 Å². The van der Waals surface area contributed by atoms with Crippen LogP contribution in [-0.4, -0.2) is 12.5 Å². The number of nitrogens with one attached hydrogen (secondary N) is 1. The van der Waals surface area contributed by atoms with Crippen molar-refractivity contribution in [2.24, 2.45) is 0 Å². The smallest absolute Gasteiger partial charge is 0.220 e. The van der Waals surface area contributed by atoms with Crippen LogP contribution in [-0.2, 0) is 11.2 Å². The molecule has 0 bridgehead atoms. The predicted octanol–water partition coefficient (Wildman–Crippen LogP) is 1.84. The second-order valence-electron chi connectivity index (χ2n) is 3.76. The first kappa shape index (κ1) is 9.31. The highest BCUT2D eigenvalue weighted by molar-refractivity contribution is 5.79. The van der Waals surface area contributed by atoms with Crippen LogP contribution >= 0.6 is 0 Å². The van der Waals surface area contributed by atoms with Crippen molar-refractivity contribution in [3.63, 3.8) is 0 Å². The summed E-state index contributed by atoms with van der Waals surface area (Å²) in [5.41, 5.74) is 0. The molecule has 0 aromatic carbocycles. The highest BCUT2D eigenvalue weighted by Crippen LogP contribution is 2.25. The van der Waals surface area contributed by atoms with Gasteiger partial charge in [-0.25, -0.2) is 0 Å². The van der Waals surface area contributed by atoms with E-state index in [2.05, 4.69) is 12.2 Å². The lowest BCUT2D eigenvalue weighted by Crippen LogP contribution is -2.13. The van der Waals surface area contributed by atoms with Gasteiger partial charge in [-0.1, -0.05) is 6.92 Å². The zero-order valence-electron chi connectivity index (χ0n) is 8.38. The number of carbonyl (C=O) groups excluding carboxylic acids is 1. The summed E-state index contributed by atoms with van der Waals surface area (Å²) in [7, 11) is 0. The van der Waals surface area contributed by atoms with E-state index in [4.69, 9.17) is 4.42 Å². The van der Waals surface area contributed by atoms with Crippen LogP contribution in [0.5, 0.6) is 0 Å². The molecule has 1 unspecified atom stereocenters. The quantitative estimate of drug-likeness (QED) is 0.795. The second kappa shape index (κ2) is 3.86. The molecule has 0 saturated carbocycles. The van der Waals surface area contributed by atoms with E-state index in [1.807, 2.05) is 12.1 Å². The number of amides is 1. The maximum atomic E-state index is 11.0. The van der Waals surface area contributed by atoms with E-state index >= 15 is 0 Å². The Labute approximate surface area is 83.5 Å². The van der Waals surface area contributed by atoms with Crippen LogP contribution in [0.15, 0.2) is 16.5 Å². The molecule has 76 valence electrons. The molecule has 14 heavy (non-hydrogen) atoms. The Morgan fingerprint density at radius 3 is 3.07 bits per heavy atom. The SMILES string of the molecule is CCCc1ccc(C2CNC(=O)C2)o1. The van der Waals surface area contributed by atoms with E-state index in [0.717, 1.165) is 30.9 Å². The van der Waals surface area contributed by atoms with Gasteiger partial charge >= 0.3 is 0 Å². The van der Waals surface area contributed by atoms with Gasteiger partial charge in [-0.3, -0.25) is 4.79 Å². The molecule has 1 fully saturated rings. The largest absolute Gasteiger partial charge is 0.466 e. The standard InChI is InChI=1S/C11H15NO2/c1-2-3-9-4-5-10(14-9)8-6-11(13)12-7-8/h4-5,8H,2-3,6-7H2,1H3,(H,12,13). The molecule has 2 heterocycles. The van der Waals surface area contributed by atoms with Gasteiger partial charge in [-0.2, -0.15) is 0 Å². The van der Waals surface area contributed by atoms with Crippen LogP contribution in [0.25, 0.3) is 0 Å². The van der Waals surface area contributed by atoms with E-state index < -0.39 is 0 Å². The average molecular weight is 193 g/mol. The van der Waals surface area contributed by atoms with Gasteiger partial charge in [-0.15, -0.1) is 0 Å². The molecular weight excluding hydrogens is 178 g/mol. The number of aryl methyl sites for hydroxylation is 1. The Balaban J connectivity index is 2.05. The van der Waals surface area contributed by atoms with Crippen LogP contribution < -0.4 is 5.32 Å².